The number of nitrogens with one attached hydrogen (secondary N) is 1. The van der Waals surface area contributed by atoms with Crippen LogP contribution in [0, 0.1) is 0 Å². The van der Waals surface area contributed by atoms with Crippen LogP contribution in [0.4, 0.5) is 0 Å². The number of hydrogen-bond donors (Lipinski definition) is 1. The first-order valence-corrected chi connectivity index (χ1v) is 6.81. The van der Waals surface area contributed by atoms with Gasteiger partial charge in [0, 0.05) is 37.8 Å². The van der Waals surface area contributed by atoms with Crippen LogP contribution in [0.3, 0.4) is 0 Å². The molecule has 0 spiro atoms. The van der Waals surface area contributed by atoms with Crippen LogP contribution in [0.15, 0.2) is 49.2 Å². The molecule has 5 heteroatoms. The van der Waals surface area contributed by atoms with Crippen molar-refractivity contribution in [1.82, 2.24) is 15.2 Å². The van der Waals surface area contributed by atoms with E-state index < -0.39 is 0 Å². The molecule has 0 aliphatic carbocycles. The van der Waals surface area contributed by atoms with Crippen molar-refractivity contribution in [2.45, 2.75) is 6.04 Å². The Balaban J connectivity index is 0.00000110. The fourth-order valence-corrected chi connectivity index (χ4v) is 2.81. The van der Waals surface area contributed by atoms with E-state index in [4.69, 9.17) is 0 Å². The molecule has 114 valence electrons. The molecular formula is C16H21Cl2N3. The quantitative estimate of drug-likeness (QED) is 0.878. The van der Waals surface area contributed by atoms with Crippen molar-refractivity contribution in [2.24, 2.45) is 0 Å². The van der Waals surface area contributed by atoms with Gasteiger partial charge in [-0.15, -0.1) is 31.4 Å². The van der Waals surface area contributed by atoms with Crippen molar-refractivity contribution in [3.63, 3.8) is 0 Å². The molecule has 0 bridgehead atoms. The topological polar surface area (TPSA) is 28.2 Å². The molecule has 21 heavy (non-hydrogen) atoms. The molecule has 1 N–H and O–H groups in total. The molecule has 1 atom stereocenters. The fourth-order valence-electron chi connectivity index (χ4n) is 2.81. The molecule has 0 amide bonds. The van der Waals surface area contributed by atoms with Crippen LogP contribution in [0.25, 0.3) is 10.9 Å². The number of aromatic nitrogens is 1. The third-order valence-corrected chi connectivity index (χ3v) is 3.77. The number of nitrogens with zero attached hydrogens (tertiary/aromatic N) is 2. The van der Waals surface area contributed by atoms with Gasteiger partial charge in [-0.1, -0.05) is 24.3 Å². The molecule has 1 aromatic carbocycles. The van der Waals surface area contributed by atoms with Crippen LogP contribution in [0.2, 0.25) is 0 Å². The second kappa shape index (κ2) is 8.35. The number of rotatable bonds is 3. The summed E-state index contributed by atoms with van der Waals surface area (Å²) in [6.45, 7) is 8.26. The molecule has 3 nitrogen and oxygen atoms in total. The lowest BCUT2D eigenvalue weighted by molar-refractivity contribution is 0.204. The Labute approximate surface area is 138 Å². The lowest BCUT2D eigenvalue weighted by Crippen LogP contribution is -2.44. The zero-order valence-electron chi connectivity index (χ0n) is 11.9. The molecular weight excluding hydrogens is 305 g/mol. The summed E-state index contributed by atoms with van der Waals surface area (Å²) in [6, 6.07) is 10.7. The van der Waals surface area contributed by atoms with Gasteiger partial charge in [0.1, 0.15) is 0 Å². The highest BCUT2D eigenvalue weighted by molar-refractivity contribution is 5.85. The van der Waals surface area contributed by atoms with E-state index in [2.05, 4.69) is 46.0 Å². The summed E-state index contributed by atoms with van der Waals surface area (Å²) in [4.78, 5) is 6.92. The van der Waals surface area contributed by atoms with Gasteiger partial charge in [0.2, 0.25) is 0 Å². The minimum Gasteiger partial charge on any atom is -0.314 e. The van der Waals surface area contributed by atoms with E-state index in [0.29, 0.717) is 0 Å². The monoisotopic (exact) mass is 325 g/mol. The van der Waals surface area contributed by atoms with Gasteiger partial charge in [-0.2, -0.15) is 0 Å². The van der Waals surface area contributed by atoms with E-state index >= 15 is 0 Å². The largest absolute Gasteiger partial charge is 0.314 e. The maximum atomic E-state index is 4.44. The van der Waals surface area contributed by atoms with E-state index in [9.17, 15) is 0 Å². The average Bonchev–Trinajstić information content (AvgIpc) is 2.49. The molecule has 0 unspecified atom stereocenters. The molecule has 1 aliphatic heterocycles. The number of fused-ring (bicyclic) bond motifs is 1. The summed E-state index contributed by atoms with van der Waals surface area (Å²) in [5.74, 6) is 0. The first-order valence-electron chi connectivity index (χ1n) is 6.81. The Kier molecular flexibility index (Phi) is 7.12. The molecule has 1 aromatic heterocycles. The standard InChI is InChI=1S/C16H19N3.2ClH/c1-2-16(19-11-9-17-10-12-19)14-7-8-18-15-6-4-3-5-13(14)15;;/h2-8,16-17H,1,9-12H2;2*1H/t16-;;/m0../s1. The maximum Gasteiger partial charge on any atom is 0.0705 e. The molecule has 0 saturated carbocycles. The average molecular weight is 326 g/mol. The number of piperazine rings is 1. The highest BCUT2D eigenvalue weighted by atomic mass is 35.5. The van der Waals surface area contributed by atoms with E-state index in [1.807, 2.05) is 18.3 Å². The van der Waals surface area contributed by atoms with Gasteiger partial charge < -0.3 is 5.32 Å². The molecule has 2 heterocycles. The molecule has 1 saturated heterocycles. The number of hydrogen-bond acceptors (Lipinski definition) is 3. The summed E-state index contributed by atoms with van der Waals surface area (Å²) in [5.41, 5.74) is 2.37. The first-order chi connectivity index (χ1) is 9.40. The van der Waals surface area contributed by atoms with Crippen molar-refractivity contribution >= 4 is 35.7 Å². The van der Waals surface area contributed by atoms with Gasteiger partial charge in [0.05, 0.1) is 11.6 Å². The number of benzene rings is 1. The van der Waals surface area contributed by atoms with Crippen LogP contribution < -0.4 is 5.32 Å². The predicted molar refractivity (Wildman–Crippen MR) is 93.6 cm³/mol. The Morgan fingerprint density at radius 2 is 1.86 bits per heavy atom. The Morgan fingerprint density at radius 1 is 1.14 bits per heavy atom. The van der Waals surface area contributed by atoms with E-state index in [1.54, 1.807) is 0 Å². The lowest BCUT2D eigenvalue weighted by atomic mass is 10.0. The normalized spacial score (nSPS) is 16.6. The number of halogens is 2. The molecule has 1 fully saturated rings. The smallest absolute Gasteiger partial charge is 0.0705 e. The van der Waals surface area contributed by atoms with Crippen molar-refractivity contribution in [1.29, 1.82) is 0 Å². The van der Waals surface area contributed by atoms with Crippen LogP contribution in [0.5, 0.6) is 0 Å². The lowest BCUT2D eigenvalue weighted by Gasteiger charge is -2.33. The van der Waals surface area contributed by atoms with Gasteiger partial charge >= 0.3 is 0 Å². The fraction of sp³-hybridized carbons (Fsp3) is 0.312. The van der Waals surface area contributed by atoms with Crippen molar-refractivity contribution < 1.29 is 0 Å². The van der Waals surface area contributed by atoms with Crippen LogP contribution in [0.1, 0.15) is 11.6 Å². The Hall–Kier alpha value is -1.13. The van der Waals surface area contributed by atoms with E-state index in [0.717, 1.165) is 31.7 Å². The SMILES string of the molecule is C=C[C@@H](c1ccnc2ccccc12)N1CCNCC1.Cl.Cl. The zero-order valence-corrected chi connectivity index (χ0v) is 13.5. The summed E-state index contributed by atoms with van der Waals surface area (Å²) in [7, 11) is 0. The Bertz CT molecular complexity index is 577. The first kappa shape index (κ1) is 17.9. The van der Waals surface area contributed by atoms with Crippen molar-refractivity contribution in [3.8, 4) is 0 Å². The van der Waals surface area contributed by atoms with Crippen molar-refractivity contribution in [3.05, 3.63) is 54.7 Å². The summed E-state index contributed by atoms with van der Waals surface area (Å²) < 4.78 is 0. The maximum absolute atomic E-state index is 4.44. The molecule has 1 aliphatic rings. The molecule has 3 rings (SSSR count). The van der Waals surface area contributed by atoms with Gasteiger partial charge in [-0.3, -0.25) is 9.88 Å². The van der Waals surface area contributed by atoms with Gasteiger partial charge in [0.25, 0.3) is 0 Å². The second-order valence-electron chi connectivity index (χ2n) is 4.88. The van der Waals surface area contributed by atoms with E-state index in [1.165, 1.54) is 10.9 Å². The minimum absolute atomic E-state index is 0. The summed E-state index contributed by atoms with van der Waals surface area (Å²) in [6.07, 6.45) is 3.95. The zero-order chi connectivity index (χ0) is 13.1. The third-order valence-electron chi connectivity index (χ3n) is 3.77. The third kappa shape index (κ3) is 3.74. The molecule has 2 aromatic rings. The predicted octanol–water partition coefficient (Wildman–Crippen LogP) is 3.21. The molecule has 0 radical (unpaired) electrons. The number of pyridine rings is 1. The second-order valence-corrected chi connectivity index (χ2v) is 4.88. The van der Waals surface area contributed by atoms with Gasteiger partial charge in [-0.25, -0.2) is 0 Å². The van der Waals surface area contributed by atoms with Crippen LogP contribution in [-0.4, -0.2) is 36.1 Å². The van der Waals surface area contributed by atoms with E-state index in [-0.39, 0.29) is 30.9 Å². The highest BCUT2D eigenvalue weighted by Gasteiger charge is 2.20. The van der Waals surface area contributed by atoms with Crippen LogP contribution in [-0.2, 0) is 0 Å². The summed E-state index contributed by atoms with van der Waals surface area (Å²) in [5, 5.41) is 4.62. The van der Waals surface area contributed by atoms with Gasteiger partial charge in [0.15, 0.2) is 0 Å². The number of para-hydroxylation sites is 1. The van der Waals surface area contributed by atoms with Crippen molar-refractivity contribution in [2.75, 3.05) is 26.2 Å². The highest BCUT2D eigenvalue weighted by Crippen LogP contribution is 2.28. The van der Waals surface area contributed by atoms with Crippen LogP contribution >= 0.6 is 24.8 Å². The Morgan fingerprint density at radius 3 is 2.57 bits per heavy atom. The minimum atomic E-state index is 0. The summed E-state index contributed by atoms with van der Waals surface area (Å²) >= 11 is 0. The van der Waals surface area contributed by atoms with Gasteiger partial charge in [-0.05, 0) is 17.7 Å².